The molecule has 0 aliphatic carbocycles. The Labute approximate surface area is 126 Å². The largest absolute Gasteiger partial charge is 0.478 e. The highest BCUT2D eigenvalue weighted by Gasteiger charge is 2.14. The monoisotopic (exact) mass is 310 g/mol. The summed E-state index contributed by atoms with van der Waals surface area (Å²) in [6.45, 7) is 2.11. The summed E-state index contributed by atoms with van der Waals surface area (Å²) < 4.78 is 0. The van der Waals surface area contributed by atoms with Gasteiger partial charge >= 0.3 is 5.97 Å². The molecule has 2 N–H and O–H groups in total. The molecule has 0 spiro atoms. The smallest absolute Gasteiger partial charge is 0.335 e. The number of hydrogen-bond donors (Lipinski definition) is 2. The van der Waals surface area contributed by atoms with Crippen LogP contribution < -0.4 is 5.32 Å². The third-order valence-corrected chi connectivity index (χ3v) is 4.01. The Morgan fingerprint density at radius 3 is 2.95 bits per heavy atom. The van der Waals surface area contributed by atoms with E-state index in [1.54, 1.807) is 11.3 Å². The number of nitrogens with one attached hydrogen (secondary N) is 1. The Kier molecular flexibility index (Phi) is 4.98. The minimum Gasteiger partial charge on any atom is -0.478 e. The van der Waals surface area contributed by atoms with Gasteiger partial charge in [0.1, 0.15) is 11.0 Å². The lowest BCUT2D eigenvalue weighted by atomic mass is 10.1. The van der Waals surface area contributed by atoms with Crippen molar-refractivity contribution < 1.29 is 9.90 Å². The van der Waals surface area contributed by atoms with Gasteiger partial charge in [0.2, 0.25) is 0 Å². The van der Waals surface area contributed by atoms with E-state index in [0.29, 0.717) is 5.82 Å². The summed E-state index contributed by atoms with van der Waals surface area (Å²) in [5.41, 5.74) is 0.133. The molecule has 0 aliphatic rings. The van der Waals surface area contributed by atoms with Gasteiger partial charge in [0.25, 0.3) is 0 Å². The Morgan fingerprint density at radius 1 is 1.55 bits per heavy atom. The summed E-state index contributed by atoms with van der Waals surface area (Å²) in [6, 6.07) is 7.02. The number of rotatable bonds is 6. The summed E-state index contributed by atoms with van der Waals surface area (Å²) in [7, 11) is 0. The quantitative estimate of drug-likeness (QED) is 0.774. The first-order chi connectivity index (χ1) is 9.60. The fourth-order valence-corrected chi connectivity index (χ4v) is 2.96. The minimum absolute atomic E-state index is 0.118. The molecule has 2 aromatic heterocycles. The molecule has 0 aromatic carbocycles. The number of carboxylic acids is 1. The lowest BCUT2D eigenvalue weighted by molar-refractivity contribution is 0.0697. The van der Waals surface area contributed by atoms with Crippen molar-refractivity contribution in [2.24, 2.45) is 0 Å². The number of pyridine rings is 1. The molecular formula is C14H15ClN2O2S. The van der Waals surface area contributed by atoms with Gasteiger partial charge in [-0.05, 0) is 30.0 Å². The standard InChI is InChI=1S/C14H15ClN2O2S/c1-2-4-10(11-5-3-6-20-11)16-13-8-9(14(18)19)7-12(15)17-13/h3,5-8,10H,2,4H2,1H3,(H,16,17)(H,18,19). The predicted octanol–water partition coefficient (Wildman–Crippen LogP) is 4.45. The zero-order valence-corrected chi connectivity index (χ0v) is 12.5. The lowest BCUT2D eigenvalue weighted by Crippen LogP contribution is -2.11. The van der Waals surface area contributed by atoms with Crippen LogP contribution in [0.5, 0.6) is 0 Å². The number of aromatic carboxylic acids is 1. The summed E-state index contributed by atoms with van der Waals surface area (Å²) in [6.07, 6.45) is 1.96. The van der Waals surface area contributed by atoms with E-state index in [0.717, 1.165) is 12.8 Å². The average Bonchev–Trinajstić information content (AvgIpc) is 2.91. The summed E-state index contributed by atoms with van der Waals surface area (Å²) in [5, 5.41) is 14.5. The number of nitrogens with zero attached hydrogens (tertiary/aromatic N) is 1. The van der Waals surface area contributed by atoms with Crippen LogP contribution in [0, 0.1) is 0 Å². The molecule has 6 heteroatoms. The number of anilines is 1. The van der Waals surface area contributed by atoms with Crippen LogP contribution in [0.4, 0.5) is 5.82 Å². The summed E-state index contributed by atoms with van der Waals surface area (Å²) >= 11 is 7.53. The maximum atomic E-state index is 11.0. The second-order valence-electron chi connectivity index (χ2n) is 4.37. The minimum atomic E-state index is -1.01. The first kappa shape index (κ1) is 14.8. The Balaban J connectivity index is 2.24. The molecule has 4 nitrogen and oxygen atoms in total. The van der Waals surface area contributed by atoms with Crippen LogP contribution in [-0.2, 0) is 0 Å². The van der Waals surface area contributed by atoms with Crippen LogP contribution in [0.2, 0.25) is 5.15 Å². The highest BCUT2D eigenvalue weighted by Crippen LogP contribution is 2.27. The van der Waals surface area contributed by atoms with E-state index in [4.69, 9.17) is 16.7 Å². The van der Waals surface area contributed by atoms with Crippen molar-refractivity contribution in [2.45, 2.75) is 25.8 Å². The van der Waals surface area contributed by atoms with Crippen molar-refractivity contribution in [3.63, 3.8) is 0 Å². The molecule has 0 amide bonds. The first-order valence-electron chi connectivity index (χ1n) is 6.31. The molecule has 0 aliphatic heterocycles. The molecule has 20 heavy (non-hydrogen) atoms. The molecule has 0 bridgehead atoms. The van der Waals surface area contributed by atoms with Crippen molar-refractivity contribution in [1.82, 2.24) is 4.98 Å². The molecule has 106 valence electrons. The number of halogens is 1. The predicted molar refractivity (Wildman–Crippen MR) is 81.8 cm³/mol. The van der Waals surface area contributed by atoms with Crippen molar-refractivity contribution >= 4 is 34.7 Å². The van der Waals surface area contributed by atoms with Crippen LogP contribution in [0.15, 0.2) is 29.6 Å². The van der Waals surface area contributed by atoms with E-state index >= 15 is 0 Å². The van der Waals surface area contributed by atoms with Gasteiger partial charge in [-0.1, -0.05) is 31.0 Å². The molecule has 0 radical (unpaired) electrons. The average molecular weight is 311 g/mol. The second-order valence-corrected chi connectivity index (χ2v) is 5.74. The van der Waals surface area contributed by atoms with Crippen molar-refractivity contribution in [3.05, 3.63) is 45.2 Å². The van der Waals surface area contributed by atoms with Crippen LogP contribution in [0.25, 0.3) is 0 Å². The normalized spacial score (nSPS) is 12.1. The van der Waals surface area contributed by atoms with Gasteiger partial charge in [0, 0.05) is 4.88 Å². The molecule has 0 fully saturated rings. The summed E-state index contributed by atoms with van der Waals surface area (Å²) in [4.78, 5) is 16.4. The van der Waals surface area contributed by atoms with Crippen LogP contribution in [0.1, 0.15) is 41.0 Å². The number of hydrogen-bond acceptors (Lipinski definition) is 4. The van der Waals surface area contributed by atoms with Crippen LogP contribution in [-0.4, -0.2) is 16.1 Å². The van der Waals surface area contributed by atoms with Crippen LogP contribution >= 0.6 is 22.9 Å². The molecular weight excluding hydrogens is 296 g/mol. The maximum Gasteiger partial charge on any atom is 0.335 e. The topological polar surface area (TPSA) is 62.2 Å². The van der Waals surface area contributed by atoms with Crippen molar-refractivity contribution in [3.8, 4) is 0 Å². The van der Waals surface area contributed by atoms with Gasteiger partial charge in [-0.25, -0.2) is 9.78 Å². The van der Waals surface area contributed by atoms with Gasteiger partial charge in [-0.3, -0.25) is 0 Å². The van der Waals surface area contributed by atoms with Gasteiger partial charge in [0.15, 0.2) is 0 Å². The van der Waals surface area contributed by atoms with Crippen molar-refractivity contribution in [1.29, 1.82) is 0 Å². The zero-order chi connectivity index (χ0) is 14.5. The highest BCUT2D eigenvalue weighted by atomic mass is 35.5. The van der Waals surface area contributed by atoms with Gasteiger partial charge in [0.05, 0.1) is 11.6 Å². The lowest BCUT2D eigenvalue weighted by Gasteiger charge is -2.17. The molecule has 0 saturated heterocycles. The number of carbonyl (C=O) groups is 1. The summed E-state index contributed by atoms with van der Waals surface area (Å²) in [5.74, 6) is -0.526. The molecule has 2 heterocycles. The van der Waals surface area contributed by atoms with Gasteiger partial charge in [-0.2, -0.15) is 0 Å². The highest BCUT2D eigenvalue weighted by molar-refractivity contribution is 7.10. The fourth-order valence-electron chi connectivity index (χ4n) is 1.94. The van der Waals surface area contributed by atoms with Gasteiger partial charge in [-0.15, -0.1) is 11.3 Å². The number of carboxylic acid groups (broad SMARTS) is 1. The second kappa shape index (κ2) is 6.72. The SMILES string of the molecule is CCCC(Nc1cc(C(=O)O)cc(Cl)n1)c1cccs1. The molecule has 1 atom stereocenters. The van der Waals surface area contributed by atoms with Gasteiger partial charge < -0.3 is 10.4 Å². The fraction of sp³-hybridized carbons (Fsp3) is 0.286. The number of thiophene rings is 1. The zero-order valence-electron chi connectivity index (χ0n) is 11.0. The van der Waals surface area contributed by atoms with E-state index in [1.807, 2.05) is 11.4 Å². The number of aromatic nitrogens is 1. The third-order valence-electron chi connectivity index (χ3n) is 2.83. The first-order valence-corrected chi connectivity index (χ1v) is 7.56. The Bertz CT molecular complexity index is 587. The molecule has 2 aromatic rings. The molecule has 1 unspecified atom stereocenters. The van der Waals surface area contributed by atoms with Crippen molar-refractivity contribution in [2.75, 3.05) is 5.32 Å². The molecule has 2 rings (SSSR count). The molecule has 0 saturated carbocycles. The van der Waals surface area contributed by atoms with E-state index < -0.39 is 5.97 Å². The Hall–Kier alpha value is -1.59. The van der Waals surface area contributed by atoms with Crippen LogP contribution in [0.3, 0.4) is 0 Å². The Morgan fingerprint density at radius 2 is 2.35 bits per heavy atom. The van der Waals surface area contributed by atoms with E-state index in [9.17, 15) is 4.79 Å². The van der Waals surface area contributed by atoms with E-state index in [-0.39, 0.29) is 16.8 Å². The van der Waals surface area contributed by atoms with E-state index in [1.165, 1.54) is 17.0 Å². The van der Waals surface area contributed by atoms with E-state index in [2.05, 4.69) is 23.3 Å². The maximum absolute atomic E-state index is 11.0. The third kappa shape index (κ3) is 3.71.